The molecule has 1 fully saturated rings. The van der Waals surface area contributed by atoms with E-state index in [1.165, 1.54) is 0 Å². The zero-order chi connectivity index (χ0) is 18.6. The van der Waals surface area contributed by atoms with Gasteiger partial charge in [-0.2, -0.15) is 0 Å². The highest BCUT2D eigenvalue weighted by atomic mass is 16.5. The van der Waals surface area contributed by atoms with Crippen LogP contribution in [0.1, 0.15) is 35.0 Å². The van der Waals surface area contributed by atoms with Crippen LogP contribution >= 0.6 is 0 Å². The first-order valence-corrected chi connectivity index (χ1v) is 9.04. The number of aromatic nitrogens is 1. The molecule has 0 bridgehead atoms. The normalized spacial score (nSPS) is 15.0. The van der Waals surface area contributed by atoms with E-state index in [4.69, 9.17) is 9.15 Å². The molecule has 1 saturated heterocycles. The van der Waals surface area contributed by atoms with Crippen molar-refractivity contribution in [2.24, 2.45) is 0 Å². The molecule has 6 nitrogen and oxygen atoms in total. The SMILES string of the molecule is O=Cc1ccc(OCC(=O)N2CCC(c3nc4ccccc4o3)CC2)cc1. The highest BCUT2D eigenvalue weighted by Crippen LogP contribution is 2.29. The number of hydrogen-bond acceptors (Lipinski definition) is 5. The van der Waals surface area contributed by atoms with Gasteiger partial charge in [0.05, 0.1) is 0 Å². The summed E-state index contributed by atoms with van der Waals surface area (Å²) in [6.45, 7) is 1.32. The second-order valence-corrected chi connectivity index (χ2v) is 6.65. The number of para-hydroxylation sites is 2. The minimum atomic E-state index is -0.0366. The van der Waals surface area contributed by atoms with Gasteiger partial charge < -0.3 is 14.1 Å². The molecule has 0 N–H and O–H groups in total. The van der Waals surface area contributed by atoms with Crippen molar-refractivity contribution in [1.82, 2.24) is 9.88 Å². The second-order valence-electron chi connectivity index (χ2n) is 6.65. The fraction of sp³-hybridized carbons (Fsp3) is 0.286. The van der Waals surface area contributed by atoms with Gasteiger partial charge in [-0.05, 0) is 49.2 Å². The van der Waals surface area contributed by atoms with Crippen molar-refractivity contribution in [2.75, 3.05) is 19.7 Å². The summed E-state index contributed by atoms with van der Waals surface area (Å²) in [6.07, 6.45) is 2.43. The van der Waals surface area contributed by atoms with Crippen LogP contribution in [0.25, 0.3) is 11.1 Å². The van der Waals surface area contributed by atoms with Gasteiger partial charge in [0.25, 0.3) is 5.91 Å². The molecule has 1 aliphatic rings. The lowest BCUT2D eigenvalue weighted by molar-refractivity contribution is -0.134. The highest BCUT2D eigenvalue weighted by molar-refractivity contribution is 5.78. The first kappa shape index (κ1) is 17.3. The van der Waals surface area contributed by atoms with Crippen LogP contribution in [-0.4, -0.2) is 41.8 Å². The number of piperidine rings is 1. The number of carbonyl (C=O) groups is 2. The quantitative estimate of drug-likeness (QED) is 0.649. The number of nitrogens with zero attached hydrogens (tertiary/aromatic N) is 2. The van der Waals surface area contributed by atoms with Gasteiger partial charge in [-0.1, -0.05) is 12.1 Å². The molecule has 1 aromatic heterocycles. The first-order valence-electron chi connectivity index (χ1n) is 9.04. The Morgan fingerprint density at radius 3 is 2.59 bits per heavy atom. The third kappa shape index (κ3) is 3.84. The van der Waals surface area contributed by atoms with Crippen LogP contribution < -0.4 is 4.74 Å². The molecule has 138 valence electrons. The fourth-order valence-electron chi connectivity index (χ4n) is 3.32. The van der Waals surface area contributed by atoms with Crippen molar-refractivity contribution in [3.63, 3.8) is 0 Å². The van der Waals surface area contributed by atoms with Crippen LogP contribution in [0.15, 0.2) is 52.9 Å². The minimum Gasteiger partial charge on any atom is -0.484 e. The Labute approximate surface area is 156 Å². The lowest BCUT2D eigenvalue weighted by atomic mass is 9.97. The molecule has 1 amide bonds. The topological polar surface area (TPSA) is 72.6 Å². The zero-order valence-corrected chi connectivity index (χ0v) is 14.8. The number of hydrogen-bond donors (Lipinski definition) is 0. The molecule has 0 unspecified atom stereocenters. The van der Waals surface area contributed by atoms with E-state index in [1.54, 1.807) is 24.3 Å². The van der Waals surface area contributed by atoms with Crippen molar-refractivity contribution in [3.8, 4) is 5.75 Å². The zero-order valence-electron chi connectivity index (χ0n) is 14.8. The lowest BCUT2D eigenvalue weighted by Crippen LogP contribution is -2.40. The monoisotopic (exact) mass is 364 g/mol. The second kappa shape index (κ2) is 7.61. The minimum absolute atomic E-state index is 0.00596. The molecule has 0 spiro atoms. The Balaban J connectivity index is 1.30. The van der Waals surface area contributed by atoms with Gasteiger partial charge in [-0.15, -0.1) is 0 Å². The van der Waals surface area contributed by atoms with Crippen LogP contribution in [-0.2, 0) is 4.79 Å². The molecule has 3 aromatic rings. The Kier molecular flexibility index (Phi) is 4.87. The van der Waals surface area contributed by atoms with Gasteiger partial charge in [-0.3, -0.25) is 9.59 Å². The standard InChI is InChI=1S/C21H20N2O4/c24-13-15-5-7-17(8-6-15)26-14-20(25)23-11-9-16(10-12-23)21-22-18-3-1-2-4-19(18)27-21/h1-8,13,16H,9-12,14H2. The summed E-state index contributed by atoms with van der Waals surface area (Å²) < 4.78 is 11.4. The van der Waals surface area contributed by atoms with Gasteiger partial charge in [0.1, 0.15) is 17.6 Å². The number of fused-ring (bicyclic) bond motifs is 1. The van der Waals surface area contributed by atoms with Gasteiger partial charge in [0.15, 0.2) is 18.1 Å². The highest BCUT2D eigenvalue weighted by Gasteiger charge is 2.27. The van der Waals surface area contributed by atoms with Crippen molar-refractivity contribution in [2.45, 2.75) is 18.8 Å². The Hall–Kier alpha value is -3.15. The van der Waals surface area contributed by atoms with Crippen molar-refractivity contribution < 1.29 is 18.7 Å². The average Bonchev–Trinajstić information content (AvgIpc) is 3.17. The molecular formula is C21H20N2O4. The molecular weight excluding hydrogens is 344 g/mol. The van der Waals surface area contributed by atoms with Crippen molar-refractivity contribution in [1.29, 1.82) is 0 Å². The third-order valence-electron chi connectivity index (χ3n) is 4.89. The van der Waals surface area contributed by atoms with E-state index in [2.05, 4.69) is 4.98 Å². The number of likely N-dealkylation sites (tertiary alicyclic amines) is 1. The Morgan fingerprint density at radius 2 is 1.89 bits per heavy atom. The van der Waals surface area contributed by atoms with Crippen LogP contribution in [0.4, 0.5) is 0 Å². The van der Waals surface area contributed by atoms with Crippen molar-refractivity contribution in [3.05, 3.63) is 60.0 Å². The number of benzene rings is 2. The number of rotatable bonds is 5. The van der Waals surface area contributed by atoms with Gasteiger partial charge >= 0.3 is 0 Å². The Bertz CT molecular complexity index is 907. The summed E-state index contributed by atoms with van der Waals surface area (Å²) in [5, 5.41) is 0. The van der Waals surface area contributed by atoms with Crippen LogP contribution in [0, 0.1) is 0 Å². The number of aldehydes is 1. The summed E-state index contributed by atoms with van der Waals surface area (Å²) >= 11 is 0. The molecule has 4 rings (SSSR count). The van der Waals surface area contributed by atoms with E-state index >= 15 is 0 Å². The largest absolute Gasteiger partial charge is 0.484 e. The maximum absolute atomic E-state index is 12.4. The molecule has 0 aliphatic carbocycles. The lowest BCUT2D eigenvalue weighted by Gasteiger charge is -2.30. The summed E-state index contributed by atoms with van der Waals surface area (Å²) in [4.78, 5) is 29.4. The molecule has 6 heteroatoms. The van der Waals surface area contributed by atoms with Gasteiger partial charge in [-0.25, -0.2) is 4.98 Å². The molecule has 2 heterocycles. The maximum atomic E-state index is 12.4. The average molecular weight is 364 g/mol. The molecule has 0 atom stereocenters. The van der Waals surface area contributed by atoms with E-state index in [0.717, 1.165) is 36.1 Å². The van der Waals surface area contributed by atoms with Gasteiger partial charge in [0.2, 0.25) is 0 Å². The van der Waals surface area contributed by atoms with Crippen LogP contribution in [0.5, 0.6) is 5.75 Å². The molecule has 0 saturated carbocycles. The number of oxazole rings is 1. The van der Waals surface area contributed by atoms with E-state index < -0.39 is 0 Å². The molecule has 0 radical (unpaired) electrons. The summed E-state index contributed by atoms with van der Waals surface area (Å²) in [7, 11) is 0. The van der Waals surface area contributed by atoms with Crippen molar-refractivity contribution >= 4 is 23.3 Å². The third-order valence-corrected chi connectivity index (χ3v) is 4.89. The van der Waals surface area contributed by atoms with Crippen LogP contribution in [0.3, 0.4) is 0 Å². The smallest absolute Gasteiger partial charge is 0.260 e. The number of amides is 1. The predicted octanol–water partition coefficient (Wildman–Crippen LogP) is 3.43. The first-order chi connectivity index (χ1) is 13.2. The summed E-state index contributed by atoms with van der Waals surface area (Å²) in [5.41, 5.74) is 2.26. The Morgan fingerprint density at radius 1 is 1.15 bits per heavy atom. The van der Waals surface area contributed by atoms with E-state index in [0.29, 0.717) is 24.4 Å². The molecule has 2 aromatic carbocycles. The molecule has 1 aliphatic heterocycles. The fourth-order valence-corrected chi connectivity index (χ4v) is 3.32. The predicted molar refractivity (Wildman–Crippen MR) is 99.9 cm³/mol. The van der Waals surface area contributed by atoms with E-state index in [-0.39, 0.29) is 18.4 Å². The summed E-state index contributed by atoms with van der Waals surface area (Å²) in [5.74, 6) is 1.54. The van der Waals surface area contributed by atoms with Gasteiger partial charge in [0, 0.05) is 24.6 Å². The van der Waals surface area contributed by atoms with E-state index in [9.17, 15) is 9.59 Å². The van der Waals surface area contributed by atoms with E-state index in [1.807, 2.05) is 29.2 Å². The molecule has 27 heavy (non-hydrogen) atoms. The number of carbonyl (C=O) groups excluding carboxylic acids is 2. The summed E-state index contributed by atoms with van der Waals surface area (Å²) in [6, 6.07) is 14.5. The van der Waals surface area contributed by atoms with Crippen LogP contribution in [0.2, 0.25) is 0 Å². The number of ether oxygens (including phenoxy) is 1. The maximum Gasteiger partial charge on any atom is 0.260 e.